The summed E-state index contributed by atoms with van der Waals surface area (Å²) >= 11 is 6.05. The molecule has 0 saturated heterocycles. The highest BCUT2D eigenvalue weighted by Crippen LogP contribution is 2.22. The molecule has 0 unspecified atom stereocenters. The third-order valence-electron chi connectivity index (χ3n) is 3.71. The van der Waals surface area contributed by atoms with Crippen LogP contribution in [0.2, 0.25) is 5.02 Å². The predicted molar refractivity (Wildman–Crippen MR) is 98.7 cm³/mol. The molecule has 128 valence electrons. The van der Waals surface area contributed by atoms with Crippen LogP contribution in [0.15, 0.2) is 60.9 Å². The lowest BCUT2D eigenvalue weighted by Gasteiger charge is -2.13. The largest absolute Gasteiger partial charge is 0.333 e. The molecule has 2 amide bonds. The molecule has 3 N–H and O–H groups in total. The van der Waals surface area contributed by atoms with Crippen molar-refractivity contribution < 1.29 is 4.79 Å². The van der Waals surface area contributed by atoms with Gasteiger partial charge >= 0.3 is 6.03 Å². The molecule has 0 spiro atoms. The molecule has 25 heavy (non-hydrogen) atoms. The van der Waals surface area contributed by atoms with Crippen LogP contribution in [0.3, 0.4) is 0 Å². The Morgan fingerprint density at radius 3 is 2.84 bits per heavy atom. The van der Waals surface area contributed by atoms with Crippen LogP contribution < -0.4 is 16.2 Å². The Morgan fingerprint density at radius 1 is 1.20 bits per heavy atom. The van der Waals surface area contributed by atoms with Crippen LogP contribution in [-0.2, 0) is 6.54 Å². The first-order valence-corrected chi connectivity index (χ1v) is 8.15. The summed E-state index contributed by atoms with van der Waals surface area (Å²) in [5.41, 5.74) is 9.01. The van der Waals surface area contributed by atoms with Crippen LogP contribution in [0.1, 0.15) is 11.1 Å². The van der Waals surface area contributed by atoms with Crippen LogP contribution in [0.4, 0.5) is 10.5 Å². The van der Waals surface area contributed by atoms with E-state index >= 15 is 0 Å². The maximum absolute atomic E-state index is 12.0. The normalized spacial score (nSPS) is 10.3. The number of hydrogen-bond acceptors (Lipinski definition) is 3. The number of aromatic nitrogens is 2. The third kappa shape index (κ3) is 4.30. The molecule has 1 heterocycles. The Kier molecular flexibility index (Phi) is 5.20. The van der Waals surface area contributed by atoms with Gasteiger partial charge in [0, 0.05) is 24.0 Å². The summed E-state index contributed by atoms with van der Waals surface area (Å²) in [6, 6.07) is 14.8. The second kappa shape index (κ2) is 7.72. The molecule has 0 bridgehead atoms. The number of anilines is 1. The first kappa shape index (κ1) is 16.9. The number of carbonyl (C=O) groups excluding carboxylic acids is 1. The van der Waals surface area contributed by atoms with Crippen molar-refractivity contribution in [1.82, 2.24) is 20.5 Å². The molecule has 6 nitrogen and oxygen atoms in total. The van der Waals surface area contributed by atoms with Crippen LogP contribution in [0, 0.1) is 6.92 Å². The Balaban J connectivity index is 1.54. The fourth-order valence-electron chi connectivity index (χ4n) is 2.32. The second-order valence-corrected chi connectivity index (χ2v) is 5.87. The van der Waals surface area contributed by atoms with Gasteiger partial charge in [0.2, 0.25) is 0 Å². The number of hydrazine groups is 1. The van der Waals surface area contributed by atoms with E-state index in [0.717, 1.165) is 22.5 Å². The van der Waals surface area contributed by atoms with E-state index in [4.69, 9.17) is 11.6 Å². The number of nitrogens with one attached hydrogen (secondary N) is 3. The average Bonchev–Trinajstić information content (AvgIpc) is 3.16. The monoisotopic (exact) mass is 355 g/mol. The van der Waals surface area contributed by atoms with Crippen molar-refractivity contribution in [3.8, 4) is 5.69 Å². The van der Waals surface area contributed by atoms with Gasteiger partial charge in [-0.2, -0.15) is 5.10 Å². The molecular weight excluding hydrogens is 338 g/mol. The van der Waals surface area contributed by atoms with Crippen molar-refractivity contribution in [3.63, 3.8) is 0 Å². The molecule has 3 rings (SSSR count). The predicted octanol–water partition coefficient (Wildman–Crippen LogP) is 3.66. The van der Waals surface area contributed by atoms with E-state index in [0.29, 0.717) is 11.6 Å². The first-order valence-electron chi connectivity index (χ1n) is 7.77. The van der Waals surface area contributed by atoms with E-state index in [9.17, 15) is 4.79 Å². The smallest absolute Gasteiger partial charge is 0.333 e. The Morgan fingerprint density at radius 2 is 2.04 bits per heavy atom. The first-order chi connectivity index (χ1) is 12.1. The molecule has 1 aromatic heterocycles. The van der Waals surface area contributed by atoms with Gasteiger partial charge in [-0.15, -0.1) is 0 Å². The zero-order valence-corrected chi connectivity index (χ0v) is 14.4. The van der Waals surface area contributed by atoms with Gasteiger partial charge in [-0.3, -0.25) is 10.9 Å². The summed E-state index contributed by atoms with van der Waals surface area (Å²) in [6.45, 7) is 2.28. The maximum atomic E-state index is 12.0. The fraction of sp³-hybridized carbons (Fsp3) is 0.111. The fourth-order valence-corrected chi connectivity index (χ4v) is 2.50. The van der Waals surface area contributed by atoms with E-state index < -0.39 is 0 Å². The number of benzene rings is 2. The summed E-state index contributed by atoms with van der Waals surface area (Å²) in [4.78, 5) is 12.0. The van der Waals surface area contributed by atoms with Gasteiger partial charge in [-0.05, 0) is 48.4 Å². The average molecular weight is 356 g/mol. The Hall–Kier alpha value is -2.99. The molecule has 0 aliphatic heterocycles. The number of halogens is 1. The van der Waals surface area contributed by atoms with Crippen molar-refractivity contribution in [2.45, 2.75) is 13.5 Å². The highest BCUT2D eigenvalue weighted by molar-refractivity contribution is 6.31. The lowest BCUT2D eigenvalue weighted by atomic mass is 10.2. The van der Waals surface area contributed by atoms with Crippen molar-refractivity contribution in [2.24, 2.45) is 0 Å². The molecule has 0 fully saturated rings. The van der Waals surface area contributed by atoms with Crippen LogP contribution >= 0.6 is 11.6 Å². The molecule has 0 aliphatic carbocycles. The summed E-state index contributed by atoms with van der Waals surface area (Å²) in [7, 11) is 0. The molecular formula is C18H18ClN5O. The Bertz CT molecular complexity index is 864. The topological polar surface area (TPSA) is 71.0 Å². The summed E-state index contributed by atoms with van der Waals surface area (Å²) in [5, 5.41) is 7.64. The molecule has 0 saturated carbocycles. The number of nitrogens with zero attached hydrogens (tertiary/aromatic N) is 2. The number of rotatable bonds is 5. The number of carbonyl (C=O) groups is 1. The highest BCUT2D eigenvalue weighted by Gasteiger charge is 2.05. The Labute approximate surface area is 150 Å². The van der Waals surface area contributed by atoms with E-state index in [1.807, 2.05) is 55.6 Å². The lowest BCUT2D eigenvalue weighted by Crippen LogP contribution is -2.38. The minimum Gasteiger partial charge on any atom is -0.333 e. The van der Waals surface area contributed by atoms with Crippen LogP contribution in [-0.4, -0.2) is 15.8 Å². The van der Waals surface area contributed by atoms with Crippen LogP contribution in [0.5, 0.6) is 0 Å². The molecule has 2 aromatic carbocycles. The lowest BCUT2D eigenvalue weighted by molar-refractivity contribution is 0.242. The summed E-state index contributed by atoms with van der Waals surface area (Å²) < 4.78 is 1.77. The van der Waals surface area contributed by atoms with E-state index in [1.54, 1.807) is 16.9 Å². The SMILES string of the molecule is Cc1c(Cl)cccc1NNC(=O)NCc1cccc(-n2cccn2)c1. The third-order valence-corrected chi connectivity index (χ3v) is 4.12. The zero-order chi connectivity index (χ0) is 17.6. The molecule has 0 aliphatic rings. The van der Waals surface area contributed by atoms with Gasteiger partial charge in [0.1, 0.15) is 0 Å². The van der Waals surface area contributed by atoms with Gasteiger partial charge in [-0.1, -0.05) is 29.8 Å². The maximum Gasteiger partial charge on any atom is 0.333 e. The zero-order valence-electron chi connectivity index (χ0n) is 13.7. The minimum atomic E-state index is -0.330. The second-order valence-electron chi connectivity index (χ2n) is 5.47. The minimum absolute atomic E-state index is 0.330. The summed E-state index contributed by atoms with van der Waals surface area (Å²) in [6.07, 6.45) is 3.60. The number of amides is 2. The van der Waals surface area contributed by atoms with Gasteiger partial charge in [-0.25, -0.2) is 9.48 Å². The summed E-state index contributed by atoms with van der Waals surface area (Å²) in [5.74, 6) is 0. The van der Waals surface area contributed by atoms with Crippen molar-refractivity contribution in [2.75, 3.05) is 5.43 Å². The standard InChI is InChI=1S/C18H18ClN5O/c1-13-16(19)7-3-8-17(13)22-23-18(25)20-12-14-5-2-6-15(11-14)24-10-4-9-21-24/h2-11,22H,12H2,1H3,(H2,20,23,25). The molecule has 0 radical (unpaired) electrons. The molecule has 7 heteroatoms. The van der Waals surface area contributed by atoms with Crippen molar-refractivity contribution in [3.05, 3.63) is 77.1 Å². The van der Waals surface area contributed by atoms with Gasteiger partial charge < -0.3 is 5.32 Å². The van der Waals surface area contributed by atoms with Crippen molar-refractivity contribution in [1.29, 1.82) is 0 Å². The van der Waals surface area contributed by atoms with Gasteiger partial charge in [0.05, 0.1) is 11.4 Å². The number of urea groups is 1. The highest BCUT2D eigenvalue weighted by atomic mass is 35.5. The van der Waals surface area contributed by atoms with Crippen LogP contribution in [0.25, 0.3) is 5.69 Å². The van der Waals surface area contributed by atoms with E-state index in [-0.39, 0.29) is 6.03 Å². The number of hydrogen-bond donors (Lipinski definition) is 3. The van der Waals surface area contributed by atoms with E-state index in [1.165, 1.54) is 0 Å². The van der Waals surface area contributed by atoms with Gasteiger partial charge in [0.15, 0.2) is 0 Å². The van der Waals surface area contributed by atoms with Crippen molar-refractivity contribution >= 4 is 23.3 Å². The molecule has 0 atom stereocenters. The molecule has 3 aromatic rings. The van der Waals surface area contributed by atoms with Gasteiger partial charge in [0.25, 0.3) is 0 Å². The van der Waals surface area contributed by atoms with E-state index in [2.05, 4.69) is 21.3 Å². The quantitative estimate of drug-likeness (QED) is 0.612.